The molecule has 1 aliphatic carbocycles. The lowest BCUT2D eigenvalue weighted by Crippen LogP contribution is -2.44. The number of hydrogen-bond donors (Lipinski definition) is 2. The number of fused-ring (bicyclic) bond motifs is 1. The number of carboxylic acid groups (broad SMARTS) is 1. The van der Waals surface area contributed by atoms with E-state index in [-0.39, 0.29) is 17.0 Å². The van der Waals surface area contributed by atoms with Gasteiger partial charge in [0.25, 0.3) is 0 Å². The fraction of sp³-hybridized carbons (Fsp3) is 0.455. The van der Waals surface area contributed by atoms with Crippen molar-refractivity contribution in [3.05, 3.63) is 51.8 Å². The van der Waals surface area contributed by atoms with Crippen molar-refractivity contribution in [3.8, 4) is 0 Å². The summed E-state index contributed by atoms with van der Waals surface area (Å²) in [5, 5.41) is 9.50. The first kappa shape index (κ1) is 21.2. The zero-order valence-corrected chi connectivity index (χ0v) is 17.7. The molecule has 1 aromatic heterocycles. The van der Waals surface area contributed by atoms with Crippen molar-refractivity contribution in [2.45, 2.75) is 32.2 Å². The number of hydrogen-bond acceptors (Lipinski definition) is 6. The molecule has 0 amide bonds. The molecule has 1 aliphatic heterocycles. The molecule has 1 aromatic carbocycles. The summed E-state index contributed by atoms with van der Waals surface area (Å²) in [6, 6.07) is 3.05. The maximum absolute atomic E-state index is 15.0. The van der Waals surface area contributed by atoms with Gasteiger partial charge in [0.1, 0.15) is 11.4 Å². The second-order valence-corrected chi connectivity index (χ2v) is 7.97. The lowest BCUT2D eigenvalue weighted by Gasteiger charge is -2.36. The lowest BCUT2D eigenvalue weighted by atomic mass is 10.1. The summed E-state index contributed by atoms with van der Waals surface area (Å²) in [6.07, 6.45) is 6.08. The van der Waals surface area contributed by atoms with Crippen molar-refractivity contribution in [1.82, 2.24) is 14.9 Å². The number of carboxylic acids is 1. The third-order valence-corrected chi connectivity index (χ3v) is 5.88. The molecule has 1 saturated heterocycles. The van der Waals surface area contributed by atoms with Crippen LogP contribution in [-0.2, 0) is 4.84 Å². The summed E-state index contributed by atoms with van der Waals surface area (Å²) in [5.41, 5.74) is 3.91. The van der Waals surface area contributed by atoms with Crippen LogP contribution in [0.25, 0.3) is 10.9 Å². The Bertz CT molecular complexity index is 1090. The van der Waals surface area contributed by atoms with Crippen LogP contribution in [0.4, 0.5) is 10.1 Å². The number of halogens is 1. The molecule has 1 saturated carbocycles. The first-order valence-electron chi connectivity index (χ1n) is 10.5. The Kier molecular flexibility index (Phi) is 5.86. The topological polar surface area (TPSA) is 87.0 Å². The van der Waals surface area contributed by atoms with Crippen molar-refractivity contribution in [2.75, 3.05) is 38.2 Å². The Morgan fingerprint density at radius 2 is 2.00 bits per heavy atom. The molecule has 0 bridgehead atoms. The number of aromatic nitrogens is 1. The van der Waals surface area contributed by atoms with Crippen LogP contribution in [0.3, 0.4) is 0 Å². The molecular weight excluding hydrogens is 403 g/mol. The van der Waals surface area contributed by atoms with Crippen LogP contribution in [0.1, 0.15) is 42.6 Å². The predicted octanol–water partition coefficient (Wildman–Crippen LogP) is 2.70. The molecule has 9 heteroatoms. The number of pyridine rings is 1. The van der Waals surface area contributed by atoms with E-state index in [1.165, 1.54) is 12.3 Å². The molecule has 2 aromatic rings. The minimum absolute atomic E-state index is 0.118. The lowest BCUT2D eigenvalue weighted by molar-refractivity contribution is 0.0695. The number of rotatable bonds is 7. The van der Waals surface area contributed by atoms with E-state index in [9.17, 15) is 14.7 Å². The number of anilines is 1. The van der Waals surface area contributed by atoms with Crippen LogP contribution in [0.5, 0.6) is 0 Å². The fourth-order valence-corrected chi connectivity index (χ4v) is 4.04. The van der Waals surface area contributed by atoms with Crippen molar-refractivity contribution in [2.24, 2.45) is 0 Å². The average molecular weight is 430 g/mol. The van der Waals surface area contributed by atoms with Gasteiger partial charge in [-0.15, -0.1) is 0 Å². The summed E-state index contributed by atoms with van der Waals surface area (Å²) in [7, 11) is 1.57. The molecule has 2 heterocycles. The van der Waals surface area contributed by atoms with Crippen molar-refractivity contribution in [3.63, 3.8) is 0 Å². The molecule has 0 unspecified atom stereocenters. The second kappa shape index (κ2) is 8.58. The molecule has 2 fully saturated rings. The molecule has 0 atom stereocenters. The molecule has 166 valence electrons. The van der Waals surface area contributed by atoms with E-state index < -0.39 is 17.2 Å². The van der Waals surface area contributed by atoms with Gasteiger partial charge in [0.15, 0.2) is 0 Å². The predicted molar refractivity (Wildman–Crippen MR) is 116 cm³/mol. The third kappa shape index (κ3) is 4.23. The Morgan fingerprint density at radius 1 is 1.29 bits per heavy atom. The number of nitrogens with zero attached hydrogens (tertiary/aromatic N) is 3. The largest absolute Gasteiger partial charge is 0.477 e. The molecular formula is C22H27FN4O4. The normalized spacial score (nSPS) is 17.3. The zero-order chi connectivity index (χ0) is 22.1. The Morgan fingerprint density at radius 3 is 2.58 bits per heavy atom. The van der Waals surface area contributed by atoms with Gasteiger partial charge in [-0.3, -0.25) is 15.1 Å². The van der Waals surface area contributed by atoms with Gasteiger partial charge in [-0.25, -0.2) is 9.18 Å². The number of piperazine rings is 1. The van der Waals surface area contributed by atoms with E-state index >= 15 is 4.39 Å². The zero-order valence-electron chi connectivity index (χ0n) is 17.7. The maximum Gasteiger partial charge on any atom is 0.341 e. The second-order valence-electron chi connectivity index (χ2n) is 7.97. The van der Waals surface area contributed by atoms with Crippen LogP contribution >= 0.6 is 0 Å². The van der Waals surface area contributed by atoms with Gasteiger partial charge in [0, 0.05) is 50.0 Å². The van der Waals surface area contributed by atoms with Crippen molar-refractivity contribution < 1.29 is 19.1 Å². The summed E-state index contributed by atoms with van der Waals surface area (Å²) < 4.78 is 16.9. The van der Waals surface area contributed by atoms with E-state index in [2.05, 4.69) is 10.4 Å². The maximum atomic E-state index is 15.0. The molecule has 0 radical (unpaired) electrons. The quantitative estimate of drug-likeness (QED) is 0.653. The first-order chi connectivity index (χ1) is 14.9. The highest BCUT2D eigenvalue weighted by Crippen LogP contribution is 2.38. The van der Waals surface area contributed by atoms with Crippen LogP contribution in [0.15, 0.2) is 35.0 Å². The molecule has 2 aliphatic rings. The van der Waals surface area contributed by atoms with E-state index in [4.69, 9.17) is 4.84 Å². The van der Waals surface area contributed by atoms with E-state index in [1.54, 1.807) is 13.2 Å². The van der Waals surface area contributed by atoms with E-state index in [0.717, 1.165) is 38.0 Å². The van der Waals surface area contributed by atoms with Crippen LogP contribution < -0.4 is 15.8 Å². The monoisotopic (exact) mass is 430 g/mol. The molecule has 4 rings (SSSR count). The molecule has 2 N–H and O–H groups in total. The number of carbonyl (C=O) groups is 1. The number of hydroxylamine groups is 1. The Balaban J connectivity index is 1.64. The SMILES string of the molecule is CCC(=CN1CCN(c2cc3c(cc2F)c(=O)c(C(=O)O)cn3C2CC2)CC1)NOC. The van der Waals surface area contributed by atoms with Gasteiger partial charge < -0.3 is 19.5 Å². The number of allylic oxidation sites excluding steroid dienone is 1. The summed E-state index contributed by atoms with van der Waals surface area (Å²) >= 11 is 0. The summed E-state index contributed by atoms with van der Waals surface area (Å²) in [4.78, 5) is 33.2. The molecule has 31 heavy (non-hydrogen) atoms. The van der Waals surface area contributed by atoms with Gasteiger partial charge in [-0.1, -0.05) is 6.92 Å². The van der Waals surface area contributed by atoms with Crippen LogP contribution in [0, 0.1) is 5.82 Å². The van der Waals surface area contributed by atoms with Crippen molar-refractivity contribution in [1.29, 1.82) is 0 Å². The number of aromatic carboxylic acids is 1. The van der Waals surface area contributed by atoms with Gasteiger partial charge in [-0.2, -0.15) is 0 Å². The summed E-state index contributed by atoms with van der Waals surface area (Å²) in [6.45, 7) is 4.74. The smallest absolute Gasteiger partial charge is 0.341 e. The van der Waals surface area contributed by atoms with Gasteiger partial charge in [0.2, 0.25) is 5.43 Å². The van der Waals surface area contributed by atoms with Crippen molar-refractivity contribution >= 4 is 22.6 Å². The molecule has 8 nitrogen and oxygen atoms in total. The van der Waals surface area contributed by atoms with Gasteiger partial charge >= 0.3 is 5.97 Å². The average Bonchev–Trinajstić information content (AvgIpc) is 3.59. The van der Waals surface area contributed by atoms with E-state index in [1.807, 2.05) is 22.6 Å². The number of nitrogens with one attached hydrogen (secondary N) is 1. The standard InChI is InChI=1S/C22H27FN4O4/c1-3-14(24-31-2)12-25-6-8-26(9-7-25)20-11-19-16(10-18(20)23)21(28)17(22(29)30)13-27(19)15-4-5-15/h10-13,15,24H,3-9H2,1-2H3,(H,29,30). The highest BCUT2D eigenvalue weighted by molar-refractivity contribution is 5.93. The number of benzene rings is 1. The minimum atomic E-state index is -1.29. The minimum Gasteiger partial charge on any atom is -0.477 e. The van der Waals surface area contributed by atoms with E-state index in [0.29, 0.717) is 24.3 Å². The molecule has 0 spiro atoms. The fourth-order valence-electron chi connectivity index (χ4n) is 4.04. The Labute approximate surface area is 179 Å². The van der Waals surface area contributed by atoms with Gasteiger partial charge in [-0.05, 0) is 31.4 Å². The van der Waals surface area contributed by atoms with Crippen LogP contribution in [0.2, 0.25) is 0 Å². The van der Waals surface area contributed by atoms with Gasteiger partial charge in [0.05, 0.1) is 24.0 Å². The first-order valence-corrected chi connectivity index (χ1v) is 10.5. The Hall–Kier alpha value is -3.07. The third-order valence-electron chi connectivity index (χ3n) is 5.88. The highest BCUT2D eigenvalue weighted by Gasteiger charge is 2.28. The van der Waals surface area contributed by atoms with Crippen LogP contribution in [-0.4, -0.2) is 53.8 Å². The summed E-state index contributed by atoms with van der Waals surface area (Å²) in [5.74, 6) is -1.79. The highest BCUT2D eigenvalue weighted by atomic mass is 19.1.